The van der Waals surface area contributed by atoms with E-state index < -0.39 is 9.84 Å². The lowest BCUT2D eigenvalue weighted by atomic mass is 10.2. The summed E-state index contributed by atoms with van der Waals surface area (Å²) in [6, 6.07) is 6.96. The van der Waals surface area contributed by atoms with Crippen LogP contribution < -0.4 is 5.73 Å². The third-order valence-electron chi connectivity index (χ3n) is 3.48. The lowest BCUT2D eigenvalue weighted by Gasteiger charge is -2.19. The van der Waals surface area contributed by atoms with Crippen LogP contribution in [0.2, 0.25) is 0 Å². The number of thioether (sulfide) groups is 1. The minimum Gasteiger partial charge on any atom is -0.326 e. The highest BCUT2D eigenvalue weighted by Gasteiger charge is 2.17. The van der Waals surface area contributed by atoms with Crippen LogP contribution in [-0.2, 0) is 16.4 Å². The number of hydrogen-bond acceptors (Lipinski definition) is 5. The topological polar surface area (TPSA) is 63.4 Å². The van der Waals surface area contributed by atoms with Crippen LogP contribution in [0.5, 0.6) is 0 Å². The van der Waals surface area contributed by atoms with Gasteiger partial charge in [-0.25, -0.2) is 8.42 Å². The quantitative estimate of drug-likeness (QED) is 0.889. The van der Waals surface area contributed by atoms with Crippen LogP contribution >= 0.6 is 11.8 Å². The van der Waals surface area contributed by atoms with E-state index in [-0.39, 0.29) is 5.75 Å². The summed E-state index contributed by atoms with van der Waals surface area (Å²) in [5, 5.41) is 0. The van der Waals surface area contributed by atoms with Gasteiger partial charge in [-0.3, -0.25) is 0 Å². The summed E-state index contributed by atoms with van der Waals surface area (Å²) in [4.78, 5) is 2.65. The molecule has 1 fully saturated rings. The standard InChI is InChI=1S/C14H22N2O2S2/c15-12-13-3-1-4-14(11-13)20(17,18)10-7-16-5-2-8-19-9-6-16/h1,3-4,11H,2,5-10,12,15H2. The van der Waals surface area contributed by atoms with Gasteiger partial charge in [0.2, 0.25) is 0 Å². The van der Waals surface area contributed by atoms with Crippen LogP contribution in [-0.4, -0.2) is 50.2 Å². The van der Waals surface area contributed by atoms with Gasteiger partial charge in [0.15, 0.2) is 9.84 Å². The van der Waals surface area contributed by atoms with Crippen molar-refractivity contribution in [3.63, 3.8) is 0 Å². The summed E-state index contributed by atoms with van der Waals surface area (Å²) >= 11 is 1.95. The first-order valence-electron chi connectivity index (χ1n) is 6.94. The van der Waals surface area contributed by atoms with Crippen LogP contribution in [0, 0.1) is 0 Å². The van der Waals surface area contributed by atoms with E-state index in [1.54, 1.807) is 18.2 Å². The average molecular weight is 314 g/mol. The number of rotatable bonds is 5. The van der Waals surface area contributed by atoms with Gasteiger partial charge in [-0.15, -0.1) is 0 Å². The second-order valence-electron chi connectivity index (χ2n) is 4.98. The first kappa shape index (κ1) is 15.8. The minimum absolute atomic E-state index is 0.186. The van der Waals surface area contributed by atoms with E-state index >= 15 is 0 Å². The maximum atomic E-state index is 12.4. The maximum absolute atomic E-state index is 12.4. The zero-order chi connectivity index (χ0) is 14.4. The molecule has 6 heteroatoms. The Morgan fingerprint density at radius 3 is 2.90 bits per heavy atom. The molecule has 1 aromatic carbocycles. The van der Waals surface area contributed by atoms with E-state index in [2.05, 4.69) is 4.90 Å². The first-order chi connectivity index (χ1) is 9.62. The fourth-order valence-electron chi connectivity index (χ4n) is 2.25. The third-order valence-corrected chi connectivity index (χ3v) is 6.23. The zero-order valence-corrected chi connectivity index (χ0v) is 13.3. The Bertz CT molecular complexity index is 524. The highest BCUT2D eigenvalue weighted by atomic mass is 32.2. The summed E-state index contributed by atoms with van der Waals surface area (Å²) in [5.74, 6) is 2.47. The number of benzene rings is 1. The molecule has 0 aliphatic carbocycles. The van der Waals surface area contributed by atoms with E-state index in [1.807, 2.05) is 17.8 Å². The summed E-state index contributed by atoms with van der Waals surface area (Å²) in [6.07, 6.45) is 1.15. The van der Waals surface area contributed by atoms with Gasteiger partial charge in [-0.1, -0.05) is 12.1 Å². The van der Waals surface area contributed by atoms with Gasteiger partial charge in [-0.05, 0) is 36.4 Å². The smallest absolute Gasteiger partial charge is 0.179 e. The summed E-state index contributed by atoms with van der Waals surface area (Å²) in [6.45, 7) is 2.98. The molecule has 0 unspecified atom stereocenters. The SMILES string of the molecule is NCc1cccc(S(=O)(=O)CCN2CCCSCC2)c1. The first-order valence-corrected chi connectivity index (χ1v) is 9.74. The number of nitrogens with two attached hydrogens (primary N) is 1. The van der Waals surface area contributed by atoms with Gasteiger partial charge < -0.3 is 10.6 Å². The molecule has 4 nitrogen and oxygen atoms in total. The van der Waals surface area contributed by atoms with E-state index in [9.17, 15) is 8.42 Å². The maximum Gasteiger partial charge on any atom is 0.179 e. The molecular formula is C14H22N2O2S2. The molecule has 0 atom stereocenters. The summed E-state index contributed by atoms with van der Waals surface area (Å²) in [7, 11) is -3.21. The van der Waals surface area contributed by atoms with Crippen molar-refractivity contribution in [3.8, 4) is 0 Å². The lowest BCUT2D eigenvalue weighted by Crippen LogP contribution is -2.31. The lowest BCUT2D eigenvalue weighted by molar-refractivity contribution is 0.312. The fourth-order valence-corrected chi connectivity index (χ4v) is 4.53. The van der Waals surface area contributed by atoms with Gasteiger partial charge in [0.1, 0.15) is 0 Å². The Labute approximate surface area is 125 Å². The van der Waals surface area contributed by atoms with Gasteiger partial charge in [0.25, 0.3) is 0 Å². The Hall–Kier alpha value is -0.560. The molecule has 112 valence electrons. The third kappa shape index (κ3) is 4.48. The molecule has 0 saturated carbocycles. The molecule has 1 aliphatic heterocycles. The second-order valence-corrected chi connectivity index (χ2v) is 8.31. The molecule has 0 radical (unpaired) electrons. The van der Waals surface area contributed by atoms with Crippen molar-refractivity contribution in [1.82, 2.24) is 4.90 Å². The van der Waals surface area contributed by atoms with Crippen molar-refractivity contribution in [1.29, 1.82) is 0 Å². The van der Waals surface area contributed by atoms with Crippen molar-refractivity contribution in [2.75, 3.05) is 36.9 Å². The largest absolute Gasteiger partial charge is 0.326 e. The molecule has 1 aliphatic rings. The predicted molar refractivity (Wildman–Crippen MR) is 84.8 cm³/mol. The molecule has 0 spiro atoms. The molecule has 0 bridgehead atoms. The van der Waals surface area contributed by atoms with Crippen molar-refractivity contribution in [3.05, 3.63) is 29.8 Å². The van der Waals surface area contributed by atoms with Gasteiger partial charge >= 0.3 is 0 Å². The van der Waals surface area contributed by atoms with E-state index in [1.165, 1.54) is 5.75 Å². The number of hydrogen-bond donors (Lipinski definition) is 1. The number of nitrogens with zero attached hydrogens (tertiary/aromatic N) is 1. The van der Waals surface area contributed by atoms with Crippen LogP contribution in [0.25, 0.3) is 0 Å². The van der Waals surface area contributed by atoms with Crippen molar-refractivity contribution in [2.45, 2.75) is 17.9 Å². The predicted octanol–water partition coefficient (Wildman–Crippen LogP) is 1.36. The van der Waals surface area contributed by atoms with Crippen LogP contribution in [0.15, 0.2) is 29.2 Å². The minimum atomic E-state index is -3.21. The van der Waals surface area contributed by atoms with Crippen LogP contribution in [0.3, 0.4) is 0 Å². The van der Waals surface area contributed by atoms with E-state index in [4.69, 9.17) is 5.73 Å². The Kier molecular flexibility index (Phi) is 5.89. The van der Waals surface area contributed by atoms with Crippen LogP contribution in [0.1, 0.15) is 12.0 Å². The normalized spacial score (nSPS) is 17.9. The van der Waals surface area contributed by atoms with Crippen molar-refractivity contribution in [2.24, 2.45) is 5.73 Å². The van der Waals surface area contributed by atoms with E-state index in [0.29, 0.717) is 18.0 Å². The molecule has 0 aromatic heterocycles. The molecule has 2 rings (SSSR count). The molecule has 2 N–H and O–H groups in total. The van der Waals surface area contributed by atoms with E-state index in [0.717, 1.165) is 30.8 Å². The summed E-state index contributed by atoms with van der Waals surface area (Å²) < 4.78 is 24.7. The number of sulfone groups is 1. The van der Waals surface area contributed by atoms with Gasteiger partial charge in [0.05, 0.1) is 10.6 Å². The Balaban J connectivity index is 1.99. The van der Waals surface area contributed by atoms with Gasteiger partial charge in [-0.2, -0.15) is 11.8 Å². The van der Waals surface area contributed by atoms with Gasteiger partial charge in [0, 0.05) is 25.4 Å². The van der Waals surface area contributed by atoms with Crippen molar-refractivity contribution >= 4 is 21.6 Å². The second kappa shape index (κ2) is 7.45. The molecule has 20 heavy (non-hydrogen) atoms. The Morgan fingerprint density at radius 2 is 2.10 bits per heavy atom. The average Bonchev–Trinajstić information content (AvgIpc) is 2.74. The highest BCUT2D eigenvalue weighted by molar-refractivity contribution is 7.99. The zero-order valence-electron chi connectivity index (χ0n) is 11.6. The fraction of sp³-hybridized carbons (Fsp3) is 0.571. The monoisotopic (exact) mass is 314 g/mol. The molecule has 1 aromatic rings. The molecule has 1 saturated heterocycles. The highest BCUT2D eigenvalue weighted by Crippen LogP contribution is 2.15. The molecule has 1 heterocycles. The van der Waals surface area contributed by atoms with Crippen molar-refractivity contribution < 1.29 is 8.42 Å². The molecule has 0 amide bonds. The molecular weight excluding hydrogens is 292 g/mol. The van der Waals surface area contributed by atoms with Crippen LogP contribution in [0.4, 0.5) is 0 Å². The summed E-state index contributed by atoms with van der Waals surface area (Å²) in [5.41, 5.74) is 6.42. The Morgan fingerprint density at radius 1 is 1.25 bits per heavy atom.